The monoisotopic (exact) mass is 400 g/mol. The zero-order valence-electron chi connectivity index (χ0n) is 16.2. The number of nitrogens with one attached hydrogen (secondary N) is 1. The summed E-state index contributed by atoms with van der Waals surface area (Å²) in [4.78, 5) is 34.2. The van der Waals surface area contributed by atoms with Crippen molar-refractivity contribution in [3.63, 3.8) is 0 Å². The average molecular weight is 400 g/mol. The molecule has 0 fully saturated rings. The Balaban J connectivity index is 2.47. The van der Waals surface area contributed by atoms with Crippen LogP contribution in [0.15, 0.2) is 46.6 Å². The van der Waals surface area contributed by atoms with E-state index < -0.39 is 21.2 Å². The third-order valence-electron chi connectivity index (χ3n) is 4.05. The first-order valence-electron chi connectivity index (χ1n) is 8.78. The van der Waals surface area contributed by atoms with Gasteiger partial charge in [-0.25, -0.2) is 0 Å². The number of rotatable bonds is 8. The molecule has 0 aromatic heterocycles. The average Bonchev–Trinajstić information content (AvgIpc) is 2.67. The zero-order valence-corrected chi connectivity index (χ0v) is 16.2. The van der Waals surface area contributed by atoms with Crippen LogP contribution in [0.25, 0.3) is 0 Å². The van der Waals surface area contributed by atoms with Crippen molar-refractivity contribution in [1.29, 1.82) is 0 Å². The first-order valence-corrected chi connectivity index (χ1v) is 8.78. The van der Waals surface area contributed by atoms with Crippen LogP contribution in [-0.4, -0.2) is 28.8 Å². The molecular weight excluding hydrogens is 380 g/mol. The number of hydrogen-bond acceptors (Lipinski definition) is 8. The summed E-state index contributed by atoms with van der Waals surface area (Å²) in [7, 11) is 0. The van der Waals surface area contributed by atoms with Crippen LogP contribution in [0.3, 0.4) is 0 Å². The molecule has 11 nitrogen and oxygen atoms in total. The Kier molecular flexibility index (Phi) is 6.90. The fraction of sp³-hybridized carbons (Fsp3) is 0.278. The second-order valence-corrected chi connectivity index (χ2v) is 5.94. The lowest BCUT2D eigenvalue weighted by Gasteiger charge is -2.22. The summed E-state index contributed by atoms with van der Waals surface area (Å²) in [6.45, 7) is 6.90. The van der Waals surface area contributed by atoms with Gasteiger partial charge < -0.3 is 10.2 Å². The minimum atomic E-state index is -0.764. The highest BCUT2D eigenvalue weighted by atomic mass is 16.6. The van der Waals surface area contributed by atoms with Crippen molar-refractivity contribution in [2.75, 3.05) is 23.3 Å². The summed E-state index contributed by atoms with van der Waals surface area (Å²) >= 11 is 0. The quantitative estimate of drug-likeness (QED) is 0.385. The van der Waals surface area contributed by atoms with E-state index in [-0.39, 0.29) is 11.6 Å². The molecule has 0 aliphatic rings. The molecule has 11 heteroatoms. The van der Waals surface area contributed by atoms with E-state index in [1.165, 1.54) is 6.92 Å². The molecule has 0 radical (unpaired) electrons. The van der Waals surface area contributed by atoms with Gasteiger partial charge in [0.05, 0.1) is 21.6 Å². The summed E-state index contributed by atoms with van der Waals surface area (Å²) in [5.74, 6) is -0.306. The predicted molar refractivity (Wildman–Crippen MR) is 108 cm³/mol. The molecule has 0 spiro atoms. The van der Waals surface area contributed by atoms with E-state index in [0.29, 0.717) is 11.4 Å². The SMILES string of the molecule is CCN(CC)c1ccc(N=Nc2ccc([N+](=O)[O-])cc2[N+](=O)[O-])c(NC(C)=O)c1. The van der Waals surface area contributed by atoms with Gasteiger partial charge in [-0.3, -0.25) is 25.0 Å². The van der Waals surface area contributed by atoms with Gasteiger partial charge in [0.1, 0.15) is 5.69 Å². The second-order valence-electron chi connectivity index (χ2n) is 5.94. The second kappa shape index (κ2) is 9.35. The number of non-ortho nitro benzene ring substituents is 1. The molecule has 152 valence electrons. The largest absolute Gasteiger partial charge is 0.372 e. The number of carbonyl (C=O) groups excluding carboxylic acids is 1. The van der Waals surface area contributed by atoms with Gasteiger partial charge in [-0.1, -0.05) is 0 Å². The van der Waals surface area contributed by atoms with Crippen LogP contribution in [0.2, 0.25) is 0 Å². The molecule has 29 heavy (non-hydrogen) atoms. The zero-order chi connectivity index (χ0) is 21.6. The van der Waals surface area contributed by atoms with Crippen LogP contribution in [0.5, 0.6) is 0 Å². The first-order chi connectivity index (χ1) is 13.8. The summed E-state index contributed by atoms with van der Waals surface area (Å²) in [5, 5.41) is 32.6. The topological polar surface area (TPSA) is 143 Å². The van der Waals surface area contributed by atoms with Crippen LogP contribution in [0.1, 0.15) is 20.8 Å². The number of nitrogens with zero attached hydrogens (tertiary/aromatic N) is 5. The molecule has 0 unspecified atom stereocenters. The number of hydrogen-bond donors (Lipinski definition) is 1. The number of carbonyl (C=O) groups is 1. The lowest BCUT2D eigenvalue weighted by Crippen LogP contribution is -2.21. The van der Waals surface area contributed by atoms with Crippen molar-refractivity contribution >= 4 is 40.0 Å². The molecule has 0 aliphatic heterocycles. The third-order valence-corrected chi connectivity index (χ3v) is 4.05. The fourth-order valence-electron chi connectivity index (χ4n) is 2.65. The number of nitro groups is 2. The lowest BCUT2D eigenvalue weighted by molar-refractivity contribution is -0.393. The molecule has 0 atom stereocenters. The van der Waals surface area contributed by atoms with Crippen molar-refractivity contribution in [3.05, 3.63) is 56.6 Å². The van der Waals surface area contributed by atoms with E-state index in [9.17, 15) is 25.0 Å². The Morgan fingerprint density at radius 2 is 1.62 bits per heavy atom. The van der Waals surface area contributed by atoms with Gasteiger partial charge in [-0.05, 0) is 38.1 Å². The summed E-state index contributed by atoms with van der Waals surface area (Å²) in [6.07, 6.45) is 0. The maximum atomic E-state index is 11.6. The molecular formula is C18H20N6O5. The van der Waals surface area contributed by atoms with Gasteiger partial charge in [-0.2, -0.15) is 0 Å². The fourth-order valence-corrected chi connectivity index (χ4v) is 2.65. The normalized spacial score (nSPS) is 10.7. The molecule has 0 bridgehead atoms. The van der Waals surface area contributed by atoms with Gasteiger partial charge >= 0.3 is 5.69 Å². The van der Waals surface area contributed by atoms with Gasteiger partial charge in [0.15, 0.2) is 5.69 Å². The maximum Gasteiger partial charge on any atom is 0.303 e. The van der Waals surface area contributed by atoms with Gasteiger partial charge in [0, 0.05) is 31.8 Å². The molecule has 2 aromatic carbocycles. The van der Waals surface area contributed by atoms with Crippen molar-refractivity contribution in [1.82, 2.24) is 0 Å². The Hall–Kier alpha value is -3.89. The smallest absolute Gasteiger partial charge is 0.303 e. The minimum Gasteiger partial charge on any atom is -0.372 e. The van der Waals surface area contributed by atoms with E-state index in [4.69, 9.17) is 0 Å². The van der Waals surface area contributed by atoms with E-state index in [1.54, 1.807) is 18.2 Å². The highest BCUT2D eigenvalue weighted by Crippen LogP contribution is 2.35. The highest BCUT2D eigenvalue weighted by Gasteiger charge is 2.19. The van der Waals surface area contributed by atoms with Crippen molar-refractivity contribution in [3.8, 4) is 0 Å². The summed E-state index contributed by atoms with van der Waals surface area (Å²) in [6, 6.07) is 8.28. The Morgan fingerprint density at radius 1 is 1.00 bits per heavy atom. The minimum absolute atomic E-state index is 0.137. The molecule has 1 N–H and O–H groups in total. The maximum absolute atomic E-state index is 11.6. The van der Waals surface area contributed by atoms with E-state index >= 15 is 0 Å². The predicted octanol–water partition coefficient (Wildman–Crippen LogP) is 4.72. The molecule has 2 rings (SSSR count). The number of anilines is 2. The first kappa shape index (κ1) is 21.4. The molecule has 0 saturated carbocycles. The van der Waals surface area contributed by atoms with Crippen LogP contribution < -0.4 is 10.2 Å². The van der Waals surface area contributed by atoms with Crippen molar-refractivity contribution < 1.29 is 14.6 Å². The number of amides is 1. The number of nitro benzene ring substituents is 2. The van der Waals surface area contributed by atoms with Crippen LogP contribution in [-0.2, 0) is 4.79 Å². The van der Waals surface area contributed by atoms with Crippen molar-refractivity contribution in [2.24, 2.45) is 10.2 Å². The standard InChI is InChI=1S/C18H20N6O5/c1-4-22(5-2)13-6-8-15(17(10-13)19-12(3)25)20-21-16-9-7-14(23(26)27)11-18(16)24(28)29/h6-11H,4-5H2,1-3H3,(H,19,25). The van der Waals surface area contributed by atoms with Crippen LogP contribution in [0, 0.1) is 20.2 Å². The Bertz CT molecular complexity index is 971. The Labute approximate surface area is 166 Å². The highest BCUT2D eigenvalue weighted by molar-refractivity contribution is 5.93. The van der Waals surface area contributed by atoms with Gasteiger partial charge in [-0.15, -0.1) is 10.2 Å². The van der Waals surface area contributed by atoms with Crippen LogP contribution in [0.4, 0.5) is 34.1 Å². The number of benzene rings is 2. The summed E-state index contributed by atoms with van der Waals surface area (Å²) < 4.78 is 0. The molecule has 0 aliphatic carbocycles. The Morgan fingerprint density at radius 3 is 2.17 bits per heavy atom. The van der Waals surface area contributed by atoms with Crippen LogP contribution >= 0.6 is 0 Å². The van der Waals surface area contributed by atoms with E-state index in [0.717, 1.165) is 37.0 Å². The molecule has 0 heterocycles. The van der Waals surface area contributed by atoms with Crippen molar-refractivity contribution in [2.45, 2.75) is 20.8 Å². The van der Waals surface area contributed by atoms with Gasteiger partial charge in [0.2, 0.25) is 5.91 Å². The summed E-state index contributed by atoms with van der Waals surface area (Å²) in [5.41, 5.74) is 0.474. The van der Waals surface area contributed by atoms with Gasteiger partial charge in [0.25, 0.3) is 5.69 Å². The lowest BCUT2D eigenvalue weighted by atomic mass is 10.2. The molecule has 1 amide bonds. The molecule has 2 aromatic rings. The third kappa shape index (κ3) is 5.31. The number of azo groups is 1. The van der Waals surface area contributed by atoms with E-state index in [2.05, 4.69) is 20.4 Å². The van der Waals surface area contributed by atoms with E-state index in [1.807, 2.05) is 13.8 Å². The molecule has 0 saturated heterocycles.